The first-order valence-electron chi connectivity index (χ1n) is 7.49. The first kappa shape index (κ1) is 19.7. The number of para-hydroxylation sites is 1. The molecular weight excluding hydrogens is 380 g/mol. The minimum absolute atomic E-state index is 0.0270. The molecule has 1 amide bonds. The molecule has 0 radical (unpaired) electrons. The van der Waals surface area contributed by atoms with Crippen molar-refractivity contribution in [2.24, 2.45) is 0 Å². The van der Waals surface area contributed by atoms with Gasteiger partial charge in [-0.05, 0) is 31.2 Å². The highest BCUT2D eigenvalue weighted by Crippen LogP contribution is 2.26. The quantitative estimate of drug-likeness (QED) is 0.331. The van der Waals surface area contributed by atoms with Crippen molar-refractivity contribution in [2.45, 2.75) is 17.1 Å². The number of anilines is 1. The van der Waals surface area contributed by atoms with Crippen molar-refractivity contribution in [3.8, 4) is 0 Å². The molecule has 0 heterocycles. The van der Waals surface area contributed by atoms with Crippen molar-refractivity contribution in [3.05, 3.63) is 63.7 Å². The molecule has 0 aliphatic heterocycles. The lowest BCUT2D eigenvalue weighted by Crippen LogP contribution is -2.24. The minimum Gasteiger partial charge on any atom is -0.455 e. The van der Waals surface area contributed by atoms with E-state index in [2.05, 4.69) is 5.32 Å². The summed E-state index contributed by atoms with van der Waals surface area (Å²) >= 11 is 7.11. The maximum Gasteiger partial charge on any atom is 0.319 e. The highest BCUT2D eigenvalue weighted by Gasteiger charge is 2.18. The van der Waals surface area contributed by atoms with Gasteiger partial charge < -0.3 is 10.1 Å². The molecular formula is C17H15ClN2O5S. The third kappa shape index (κ3) is 5.75. The number of carbonyl (C=O) groups is 2. The fourth-order valence-corrected chi connectivity index (χ4v) is 2.95. The van der Waals surface area contributed by atoms with Gasteiger partial charge in [0.15, 0.2) is 6.61 Å². The SMILES string of the molecule is C[C@@H](Sc1ccc([N+](=O)[O-])cc1)C(=O)OCC(=O)Nc1ccccc1Cl. The number of hydrogen-bond donors (Lipinski definition) is 1. The number of ether oxygens (including phenoxy) is 1. The van der Waals surface area contributed by atoms with Crippen LogP contribution in [0.5, 0.6) is 0 Å². The van der Waals surface area contributed by atoms with Crippen LogP contribution in [-0.4, -0.2) is 28.7 Å². The van der Waals surface area contributed by atoms with E-state index < -0.39 is 28.7 Å². The predicted molar refractivity (Wildman–Crippen MR) is 99.5 cm³/mol. The highest BCUT2D eigenvalue weighted by molar-refractivity contribution is 8.00. The summed E-state index contributed by atoms with van der Waals surface area (Å²) in [7, 11) is 0. The summed E-state index contributed by atoms with van der Waals surface area (Å²) in [5.41, 5.74) is 0.407. The molecule has 0 spiro atoms. The van der Waals surface area contributed by atoms with Crippen LogP contribution < -0.4 is 5.32 Å². The largest absolute Gasteiger partial charge is 0.455 e. The van der Waals surface area contributed by atoms with E-state index in [9.17, 15) is 19.7 Å². The molecule has 0 fully saturated rings. The van der Waals surface area contributed by atoms with Gasteiger partial charge in [0, 0.05) is 17.0 Å². The normalized spacial score (nSPS) is 11.5. The number of thioether (sulfide) groups is 1. The van der Waals surface area contributed by atoms with Crippen molar-refractivity contribution in [2.75, 3.05) is 11.9 Å². The monoisotopic (exact) mass is 394 g/mol. The molecule has 1 N–H and O–H groups in total. The summed E-state index contributed by atoms with van der Waals surface area (Å²) in [6.07, 6.45) is 0. The number of amides is 1. The van der Waals surface area contributed by atoms with Crippen molar-refractivity contribution >= 4 is 46.6 Å². The Morgan fingerprint density at radius 2 is 1.88 bits per heavy atom. The summed E-state index contributed by atoms with van der Waals surface area (Å²) in [5, 5.41) is 13.0. The van der Waals surface area contributed by atoms with Gasteiger partial charge in [0.1, 0.15) is 5.25 Å². The van der Waals surface area contributed by atoms with Gasteiger partial charge in [0.2, 0.25) is 0 Å². The summed E-state index contributed by atoms with van der Waals surface area (Å²) in [6, 6.07) is 12.5. The average Bonchev–Trinajstić information content (AvgIpc) is 2.62. The number of nitrogens with one attached hydrogen (secondary N) is 1. The summed E-state index contributed by atoms with van der Waals surface area (Å²) < 4.78 is 4.99. The van der Waals surface area contributed by atoms with Crippen molar-refractivity contribution in [3.63, 3.8) is 0 Å². The number of nitrogens with zero attached hydrogens (tertiary/aromatic N) is 1. The van der Waals surface area contributed by atoms with E-state index in [0.29, 0.717) is 15.6 Å². The summed E-state index contributed by atoms with van der Waals surface area (Å²) in [4.78, 5) is 34.6. The van der Waals surface area contributed by atoms with Crippen LogP contribution >= 0.6 is 23.4 Å². The smallest absolute Gasteiger partial charge is 0.319 e. The number of carbonyl (C=O) groups excluding carboxylic acids is 2. The van der Waals surface area contributed by atoms with Gasteiger partial charge in [-0.15, -0.1) is 11.8 Å². The summed E-state index contributed by atoms with van der Waals surface area (Å²) in [5.74, 6) is -1.07. The molecule has 2 rings (SSSR count). The Morgan fingerprint density at radius 1 is 1.23 bits per heavy atom. The Labute approximate surface area is 158 Å². The Kier molecular flexibility index (Phi) is 6.99. The number of rotatable bonds is 7. The zero-order valence-corrected chi connectivity index (χ0v) is 15.3. The van der Waals surface area contributed by atoms with Crippen molar-refractivity contribution in [1.82, 2.24) is 0 Å². The molecule has 0 aliphatic carbocycles. The Bertz CT molecular complexity index is 813. The van der Waals surface area contributed by atoms with Gasteiger partial charge in [-0.2, -0.15) is 0 Å². The van der Waals surface area contributed by atoms with Gasteiger partial charge >= 0.3 is 5.97 Å². The van der Waals surface area contributed by atoms with Crippen LogP contribution in [0, 0.1) is 10.1 Å². The van der Waals surface area contributed by atoms with Crippen LogP contribution in [-0.2, 0) is 14.3 Å². The Morgan fingerprint density at radius 3 is 2.50 bits per heavy atom. The first-order chi connectivity index (χ1) is 12.4. The maximum absolute atomic E-state index is 12.0. The van der Waals surface area contributed by atoms with Crippen LogP contribution in [0.15, 0.2) is 53.4 Å². The third-order valence-corrected chi connectivity index (χ3v) is 4.61. The molecule has 0 saturated heterocycles. The van der Waals surface area contributed by atoms with Crippen LogP contribution in [0.2, 0.25) is 5.02 Å². The molecule has 26 heavy (non-hydrogen) atoms. The van der Waals surface area contributed by atoms with Gasteiger partial charge in [0.05, 0.1) is 15.6 Å². The summed E-state index contributed by atoms with van der Waals surface area (Å²) in [6.45, 7) is 1.19. The number of benzene rings is 2. The van der Waals surface area contributed by atoms with Crippen LogP contribution in [0.25, 0.3) is 0 Å². The molecule has 0 bridgehead atoms. The van der Waals surface area contributed by atoms with E-state index in [-0.39, 0.29) is 5.69 Å². The van der Waals surface area contributed by atoms with Crippen molar-refractivity contribution in [1.29, 1.82) is 0 Å². The molecule has 7 nitrogen and oxygen atoms in total. The predicted octanol–water partition coefficient (Wildman–Crippen LogP) is 3.91. The lowest BCUT2D eigenvalue weighted by molar-refractivity contribution is -0.384. The first-order valence-corrected chi connectivity index (χ1v) is 8.74. The van der Waals surface area contributed by atoms with Crippen LogP contribution in [0.3, 0.4) is 0 Å². The van der Waals surface area contributed by atoms with E-state index >= 15 is 0 Å². The fourth-order valence-electron chi connectivity index (χ4n) is 1.90. The lowest BCUT2D eigenvalue weighted by atomic mass is 10.3. The van der Waals surface area contributed by atoms with Gasteiger partial charge in [-0.1, -0.05) is 23.7 Å². The van der Waals surface area contributed by atoms with Gasteiger partial charge in [-0.25, -0.2) is 0 Å². The zero-order valence-electron chi connectivity index (χ0n) is 13.7. The number of nitro groups is 1. The molecule has 0 aromatic heterocycles. The van der Waals surface area contributed by atoms with E-state index in [1.807, 2.05) is 0 Å². The zero-order chi connectivity index (χ0) is 19.1. The Hall–Kier alpha value is -2.58. The minimum atomic E-state index is -0.579. The van der Waals surface area contributed by atoms with Gasteiger partial charge in [0.25, 0.3) is 11.6 Å². The second-order valence-electron chi connectivity index (χ2n) is 5.15. The molecule has 136 valence electrons. The standard InChI is InChI=1S/C17H15ClN2O5S/c1-11(26-13-8-6-12(7-9-13)20(23)24)17(22)25-10-16(21)19-15-5-3-2-4-14(15)18/h2-9,11H,10H2,1H3,(H,19,21)/t11-/m1/s1. The van der Waals surface area contributed by atoms with E-state index in [1.54, 1.807) is 43.3 Å². The lowest BCUT2D eigenvalue weighted by Gasteiger charge is -2.11. The molecule has 2 aromatic rings. The molecule has 0 saturated carbocycles. The molecule has 9 heteroatoms. The number of non-ortho nitro benzene ring substituents is 1. The maximum atomic E-state index is 12.0. The van der Waals surface area contributed by atoms with Gasteiger partial charge in [-0.3, -0.25) is 19.7 Å². The molecule has 1 atom stereocenters. The van der Waals surface area contributed by atoms with Crippen LogP contribution in [0.4, 0.5) is 11.4 Å². The number of hydrogen-bond acceptors (Lipinski definition) is 6. The van der Waals surface area contributed by atoms with Crippen molar-refractivity contribution < 1.29 is 19.2 Å². The van der Waals surface area contributed by atoms with E-state index in [4.69, 9.17) is 16.3 Å². The molecule has 2 aromatic carbocycles. The average molecular weight is 395 g/mol. The second-order valence-corrected chi connectivity index (χ2v) is 6.97. The number of esters is 1. The van der Waals surface area contributed by atoms with E-state index in [1.165, 1.54) is 23.9 Å². The van der Waals surface area contributed by atoms with E-state index in [0.717, 1.165) is 0 Å². The van der Waals surface area contributed by atoms with Crippen LogP contribution in [0.1, 0.15) is 6.92 Å². The Balaban J connectivity index is 1.82. The second kappa shape index (κ2) is 9.21. The molecule has 0 unspecified atom stereocenters. The highest BCUT2D eigenvalue weighted by atomic mass is 35.5. The topological polar surface area (TPSA) is 98.5 Å². The third-order valence-electron chi connectivity index (χ3n) is 3.19. The number of halogens is 1. The number of nitro benzene ring substituents is 1. The fraction of sp³-hybridized carbons (Fsp3) is 0.176. The molecule has 0 aliphatic rings.